The van der Waals surface area contributed by atoms with Gasteiger partial charge in [-0.05, 0) is 18.2 Å². The summed E-state index contributed by atoms with van der Waals surface area (Å²) in [6.07, 6.45) is 0. The van der Waals surface area contributed by atoms with Gasteiger partial charge in [0.25, 0.3) is 0 Å². The van der Waals surface area contributed by atoms with E-state index in [-0.39, 0.29) is 10.0 Å². The highest BCUT2D eigenvalue weighted by Gasteiger charge is 2.12. The summed E-state index contributed by atoms with van der Waals surface area (Å²) in [6, 6.07) is 10.2. The van der Waals surface area contributed by atoms with Crippen LogP contribution in [0.5, 0.6) is 0 Å². The number of aromatic amines is 1. The van der Waals surface area contributed by atoms with Gasteiger partial charge in [-0.15, -0.1) is 0 Å². The van der Waals surface area contributed by atoms with Gasteiger partial charge in [0.15, 0.2) is 0 Å². The van der Waals surface area contributed by atoms with E-state index in [0.717, 1.165) is 16.6 Å². The van der Waals surface area contributed by atoms with Crippen molar-refractivity contribution in [3.05, 3.63) is 63.0 Å². The first-order valence-electron chi connectivity index (χ1n) is 6.20. The number of aromatic nitrogens is 1. The molecule has 2 N–H and O–H groups in total. The van der Waals surface area contributed by atoms with Crippen LogP contribution in [0, 0.1) is 5.82 Å². The average molecular weight is 344 g/mol. The lowest BCUT2D eigenvalue weighted by Crippen LogP contribution is -2.02. The van der Waals surface area contributed by atoms with E-state index < -0.39 is 5.82 Å². The molecule has 0 spiro atoms. The van der Waals surface area contributed by atoms with E-state index in [1.54, 1.807) is 0 Å². The van der Waals surface area contributed by atoms with E-state index in [1.807, 2.05) is 24.3 Å². The number of nitrogens with one attached hydrogen (secondary N) is 2. The third-order valence-electron chi connectivity index (χ3n) is 3.16. The van der Waals surface area contributed by atoms with Crippen molar-refractivity contribution in [1.82, 2.24) is 4.98 Å². The fourth-order valence-electron chi connectivity index (χ4n) is 2.17. The minimum Gasteiger partial charge on any atom is -0.377 e. The minimum atomic E-state index is -0.473. The quantitative estimate of drug-likeness (QED) is 0.610. The van der Waals surface area contributed by atoms with Gasteiger partial charge in [0, 0.05) is 10.9 Å². The Kier molecular flexibility index (Phi) is 3.98. The van der Waals surface area contributed by atoms with Crippen LogP contribution in [0.15, 0.2) is 36.4 Å². The normalized spacial score (nSPS) is 11.0. The number of hydrogen-bond donors (Lipinski definition) is 2. The molecule has 0 unspecified atom stereocenters. The molecule has 0 atom stereocenters. The zero-order chi connectivity index (χ0) is 15.0. The van der Waals surface area contributed by atoms with Crippen molar-refractivity contribution in [2.24, 2.45) is 0 Å². The van der Waals surface area contributed by atoms with Gasteiger partial charge in [0.2, 0.25) is 0 Å². The molecule has 6 heteroatoms. The molecular formula is C15H10Cl3FN2. The van der Waals surface area contributed by atoms with Gasteiger partial charge in [-0.2, -0.15) is 0 Å². The number of H-pyrrole nitrogens is 1. The highest BCUT2D eigenvalue weighted by Crippen LogP contribution is 2.33. The van der Waals surface area contributed by atoms with E-state index in [1.165, 1.54) is 12.1 Å². The molecule has 3 aromatic rings. The predicted octanol–water partition coefficient (Wildman–Crippen LogP) is 5.88. The predicted molar refractivity (Wildman–Crippen MR) is 87.1 cm³/mol. The van der Waals surface area contributed by atoms with Gasteiger partial charge in [-0.25, -0.2) is 4.39 Å². The lowest BCUT2D eigenvalue weighted by Gasteiger charge is -2.10. The Labute approximate surface area is 135 Å². The molecule has 2 aromatic carbocycles. The molecule has 0 amide bonds. The molecular weight excluding hydrogens is 334 g/mol. The zero-order valence-corrected chi connectivity index (χ0v) is 13.0. The summed E-state index contributed by atoms with van der Waals surface area (Å²) < 4.78 is 13.2. The zero-order valence-electron chi connectivity index (χ0n) is 10.7. The maximum absolute atomic E-state index is 13.2. The highest BCUT2D eigenvalue weighted by atomic mass is 35.5. The van der Waals surface area contributed by atoms with Crippen LogP contribution >= 0.6 is 34.8 Å². The van der Waals surface area contributed by atoms with E-state index in [0.29, 0.717) is 17.3 Å². The first-order chi connectivity index (χ1) is 10.1. The molecule has 3 rings (SSSR count). The molecule has 0 radical (unpaired) electrons. The van der Waals surface area contributed by atoms with Gasteiger partial charge < -0.3 is 10.3 Å². The summed E-state index contributed by atoms with van der Waals surface area (Å²) in [6.45, 7) is 0.401. The third kappa shape index (κ3) is 2.82. The van der Waals surface area contributed by atoms with Gasteiger partial charge in [-0.1, -0.05) is 53.0 Å². The van der Waals surface area contributed by atoms with Crippen molar-refractivity contribution in [2.45, 2.75) is 6.54 Å². The van der Waals surface area contributed by atoms with Gasteiger partial charge in [0.1, 0.15) is 5.82 Å². The molecule has 108 valence electrons. The largest absolute Gasteiger partial charge is 0.377 e. The van der Waals surface area contributed by atoms with Crippen molar-refractivity contribution in [3.63, 3.8) is 0 Å². The van der Waals surface area contributed by atoms with Crippen molar-refractivity contribution >= 4 is 51.4 Å². The monoisotopic (exact) mass is 342 g/mol. The summed E-state index contributed by atoms with van der Waals surface area (Å²) in [5, 5.41) is 5.14. The Hall–Kier alpha value is -1.42. The molecule has 0 saturated heterocycles. The molecule has 0 aliphatic heterocycles. The molecule has 1 heterocycles. The Morgan fingerprint density at radius 2 is 1.71 bits per heavy atom. The lowest BCUT2D eigenvalue weighted by atomic mass is 10.2. The molecule has 2 nitrogen and oxygen atoms in total. The van der Waals surface area contributed by atoms with Gasteiger partial charge >= 0.3 is 0 Å². The Morgan fingerprint density at radius 1 is 1.05 bits per heavy atom. The first-order valence-corrected chi connectivity index (χ1v) is 7.33. The fourth-order valence-corrected chi connectivity index (χ4v) is 3.05. The van der Waals surface area contributed by atoms with E-state index in [4.69, 9.17) is 34.8 Å². The third-order valence-corrected chi connectivity index (χ3v) is 4.19. The van der Waals surface area contributed by atoms with Crippen molar-refractivity contribution in [1.29, 1.82) is 0 Å². The maximum atomic E-state index is 13.2. The van der Waals surface area contributed by atoms with Crippen molar-refractivity contribution in [2.75, 3.05) is 5.32 Å². The van der Waals surface area contributed by atoms with E-state index in [2.05, 4.69) is 10.3 Å². The van der Waals surface area contributed by atoms with Crippen LogP contribution in [0.4, 0.5) is 10.1 Å². The molecule has 0 aliphatic carbocycles. The van der Waals surface area contributed by atoms with Gasteiger partial charge in [0.05, 0.1) is 33.0 Å². The standard InChI is InChI=1S/C15H10Cl3FN2/c16-10-5-8(19)6-11(17)15(10)20-7-13-14(18)9-3-1-2-4-12(9)21-13/h1-6,20-21H,7H2. The molecule has 0 aliphatic rings. The summed E-state index contributed by atoms with van der Waals surface area (Å²) in [7, 11) is 0. The van der Waals surface area contributed by atoms with E-state index in [9.17, 15) is 4.39 Å². The van der Waals surface area contributed by atoms with E-state index >= 15 is 0 Å². The topological polar surface area (TPSA) is 27.8 Å². The summed E-state index contributed by atoms with van der Waals surface area (Å²) >= 11 is 18.3. The number of hydrogen-bond acceptors (Lipinski definition) is 1. The van der Waals surface area contributed by atoms with Crippen LogP contribution in [-0.2, 0) is 6.54 Å². The average Bonchev–Trinajstić information content (AvgIpc) is 2.75. The Bertz CT molecular complexity index is 791. The van der Waals surface area contributed by atoms with Crippen LogP contribution in [0.25, 0.3) is 10.9 Å². The molecule has 1 aromatic heterocycles. The first kappa shape index (κ1) is 14.5. The minimum absolute atomic E-state index is 0.229. The maximum Gasteiger partial charge on any atom is 0.126 e. The molecule has 0 bridgehead atoms. The smallest absolute Gasteiger partial charge is 0.126 e. The van der Waals surface area contributed by atoms with Crippen molar-refractivity contribution < 1.29 is 4.39 Å². The number of benzene rings is 2. The second-order valence-corrected chi connectivity index (χ2v) is 5.75. The van der Waals surface area contributed by atoms with Crippen LogP contribution in [-0.4, -0.2) is 4.98 Å². The highest BCUT2D eigenvalue weighted by molar-refractivity contribution is 6.39. The molecule has 0 fully saturated rings. The number of rotatable bonds is 3. The van der Waals surface area contributed by atoms with Gasteiger partial charge in [-0.3, -0.25) is 0 Å². The summed E-state index contributed by atoms with van der Waals surface area (Å²) in [5.74, 6) is -0.473. The molecule has 21 heavy (non-hydrogen) atoms. The Morgan fingerprint density at radius 3 is 2.38 bits per heavy atom. The number of para-hydroxylation sites is 1. The number of fused-ring (bicyclic) bond motifs is 1. The number of anilines is 1. The van der Waals surface area contributed by atoms with Crippen LogP contribution in [0.2, 0.25) is 15.1 Å². The summed E-state index contributed by atoms with van der Waals surface area (Å²) in [5.41, 5.74) is 2.25. The van der Waals surface area contributed by atoms with Crippen LogP contribution < -0.4 is 5.32 Å². The second-order valence-electron chi connectivity index (χ2n) is 4.56. The Balaban J connectivity index is 1.89. The fraction of sp³-hybridized carbons (Fsp3) is 0.0667. The summed E-state index contributed by atoms with van der Waals surface area (Å²) in [4.78, 5) is 3.23. The SMILES string of the molecule is Fc1cc(Cl)c(NCc2[nH]c3ccccc3c2Cl)c(Cl)c1. The second kappa shape index (κ2) is 5.76. The number of halogens is 4. The van der Waals surface area contributed by atoms with Crippen LogP contribution in [0.3, 0.4) is 0 Å². The lowest BCUT2D eigenvalue weighted by molar-refractivity contribution is 0.628. The van der Waals surface area contributed by atoms with Crippen LogP contribution in [0.1, 0.15) is 5.69 Å². The molecule has 0 saturated carbocycles. The van der Waals surface area contributed by atoms with Crippen molar-refractivity contribution in [3.8, 4) is 0 Å².